The minimum atomic E-state index is -0.944. The fourth-order valence-corrected chi connectivity index (χ4v) is 7.10. The number of hydrogen-bond donors (Lipinski definition) is 1. The molecule has 2 aliphatic heterocycles. The number of piperidine rings is 1. The summed E-state index contributed by atoms with van der Waals surface area (Å²) in [5, 5.41) is 5.77. The third-order valence-corrected chi connectivity index (χ3v) is 9.58. The molecule has 194 valence electrons. The average molecular weight is 516 g/mol. The van der Waals surface area contributed by atoms with Gasteiger partial charge in [-0.3, -0.25) is 9.69 Å². The van der Waals surface area contributed by atoms with Crippen LogP contribution in [0.2, 0.25) is 5.02 Å². The standard InChI is InChI=1S/C28H35ClFN3O3/c1-3-36-20-11-28(12-20)13-22(28)26(34)32-25-10-18-8-21(23(29)9-19(18)14-31-25)17-4-6-33(7-5-17)27(2)16-35-15-24(27)30/h8-10,14,17,20,22,24H,3-7,11-13,15-16H2,1-2H3,(H,31,32,34)/t20?,22-,24-,27+,28?/m0/s1. The highest BCUT2D eigenvalue weighted by Crippen LogP contribution is 2.66. The van der Waals surface area contributed by atoms with E-state index >= 15 is 0 Å². The number of rotatable bonds is 6. The molecule has 6 nitrogen and oxygen atoms in total. The van der Waals surface area contributed by atoms with Gasteiger partial charge in [0.05, 0.1) is 24.9 Å². The zero-order chi connectivity index (χ0) is 25.1. The Bertz CT molecular complexity index is 1160. The van der Waals surface area contributed by atoms with Crippen LogP contribution in [0, 0.1) is 11.3 Å². The fraction of sp³-hybridized carbons (Fsp3) is 0.643. The Morgan fingerprint density at radius 2 is 2.03 bits per heavy atom. The van der Waals surface area contributed by atoms with Crippen molar-refractivity contribution in [3.05, 3.63) is 35.0 Å². The molecule has 0 unspecified atom stereocenters. The number of fused-ring (bicyclic) bond motifs is 1. The van der Waals surface area contributed by atoms with Crippen LogP contribution in [0.25, 0.3) is 10.8 Å². The van der Waals surface area contributed by atoms with Crippen molar-refractivity contribution < 1.29 is 18.7 Å². The zero-order valence-corrected chi connectivity index (χ0v) is 21.8. The maximum Gasteiger partial charge on any atom is 0.229 e. The topological polar surface area (TPSA) is 63.7 Å². The number of carbonyl (C=O) groups is 1. The van der Waals surface area contributed by atoms with Crippen molar-refractivity contribution >= 4 is 34.1 Å². The monoisotopic (exact) mass is 515 g/mol. The minimum absolute atomic E-state index is 0.0636. The molecule has 2 saturated carbocycles. The van der Waals surface area contributed by atoms with Crippen molar-refractivity contribution in [3.8, 4) is 0 Å². The number of likely N-dealkylation sites (tertiary alicyclic amines) is 1. The number of aromatic nitrogens is 1. The summed E-state index contributed by atoms with van der Waals surface area (Å²) in [5.74, 6) is 1.03. The van der Waals surface area contributed by atoms with Crippen molar-refractivity contribution in [1.82, 2.24) is 9.88 Å². The van der Waals surface area contributed by atoms with E-state index in [4.69, 9.17) is 21.1 Å². The summed E-state index contributed by atoms with van der Waals surface area (Å²) in [4.78, 5) is 19.6. The Labute approximate surface area is 216 Å². The number of carbonyl (C=O) groups excluding carboxylic acids is 1. The van der Waals surface area contributed by atoms with Crippen LogP contribution >= 0.6 is 11.6 Å². The summed E-state index contributed by atoms with van der Waals surface area (Å²) >= 11 is 6.71. The molecule has 8 heteroatoms. The predicted octanol–water partition coefficient (Wildman–Crippen LogP) is 5.34. The van der Waals surface area contributed by atoms with E-state index in [1.807, 2.05) is 26.0 Å². The van der Waals surface area contributed by atoms with Gasteiger partial charge in [-0.05, 0) is 99.5 Å². The van der Waals surface area contributed by atoms with Crippen LogP contribution in [0.4, 0.5) is 10.2 Å². The first-order valence-corrected chi connectivity index (χ1v) is 13.7. The SMILES string of the molecule is CCOC1CC2(C1)C[C@H]2C(=O)Nc1cc2cc(C3CCN([C@]4(C)COC[C@@H]4F)CC3)c(Cl)cc2cn1. The van der Waals surface area contributed by atoms with Gasteiger partial charge in [-0.1, -0.05) is 11.6 Å². The molecule has 1 aromatic heterocycles. The highest BCUT2D eigenvalue weighted by molar-refractivity contribution is 6.32. The van der Waals surface area contributed by atoms with Crippen molar-refractivity contribution in [2.75, 3.05) is 38.2 Å². The highest BCUT2D eigenvalue weighted by Gasteiger charge is 2.64. The molecule has 4 fully saturated rings. The van der Waals surface area contributed by atoms with Gasteiger partial charge in [0.15, 0.2) is 0 Å². The second kappa shape index (κ2) is 9.19. The molecular weight excluding hydrogens is 481 g/mol. The molecule has 3 heterocycles. The molecule has 3 atom stereocenters. The normalized spacial score (nSPS) is 34.7. The van der Waals surface area contributed by atoms with E-state index in [-0.39, 0.29) is 23.8 Å². The molecule has 36 heavy (non-hydrogen) atoms. The molecule has 1 amide bonds. The Kier molecular flexibility index (Phi) is 6.26. The molecule has 1 N–H and O–H groups in total. The first-order chi connectivity index (χ1) is 17.3. The zero-order valence-electron chi connectivity index (χ0n) is 21.1. The lowest BCUT2D eigenvalue weighted by molar-refractivity contribution is -0.120. The average Bonchev–Trinajstić information content (AvgIpc) is 3.50. The lowest BCUT2D eigenvalue weighted by Crippen LogP contribution is -2.55. The smallest absolute Gasteiger partial charge is 0.229 e. The van der Waals surface area contributed by atoms with Crippen LogP contribution in [-0.4, -0.2) is 66.5 Å². The van der Waals surface area contributed by atoms with Gasteiger partial charge in [-0.2, -0.15) is 0 Å². The van der Waals surface area contributed by atoms with Crippen LogP contribution in [0.3, 0.4) is 0 Å². The first kappa shape index (κ1) is 24.5. The Hall–Kier alpha value is -1.80. The second-order valence-electron chi connectivity index (χ2n) is 11.5. The van der Waals surface area contributed by atoms with Crippen LogP contribution < -0.4 is 5.32 Å². The Morgan fingerprint density at radius 3 is 2.72 bits per heavy atom. The molecule has 0 radical (unpaired) electrons. The van der Waals surface area contributed by atoms with Gasteiger partial charge in [-0.15, -0.1) is 0 Å². The molecular formula is C28H35ClFN3O3. The van der Waals surface area contributed by atoms with Gasteiger partial charge in [0, 0.05) is 29.1 Å². The number of anilines is 1. The molecule has 4 aliphatic rings. The number of hydrogen-bond acceptors (Lipinski definition) is 5. The molecule has 0 bridgehead atoms. The number of benzene rings is 1. The highest BCUT2D eigenvalue weighted by atomic mass is 35.5. The van der Waals surface area contributed by atoms with E-state index in [1.54, 1.807) is 6.20 Å². The van der Waals surface area contributed by atoms with Gasteiger partial charge in [0.2, 0.25) is 5.91 Å². The number of amides is 1. The number of nitrogens with one attached hydrogen (secondary N) is 1. The quantitative estimate of drug-likeness (QED) is 0.562. The molecule has 1 spiro atoms. The molecule has 2 aliphatic carbocycles. The maximum absolute atomic E-state index is 14.5. The van der Waals surface area contributed by atoms with Gasteiger partial charge in [-0.25, -0.2) is 9.37 Å². The van der Waals surface area contributed by atoms with Crippen LogP contribution in [0.5, 0.6) is 0 Å². The van der Waals surface area contributed by atoms with E-state index in [0.717, 1.165) is 73.2 Å². The number of ether oxygens (including phenoxy) is 2. The van der Waals surface area contributed by atoms with E-state index < -0.39 is 11.7 Å². The van der Waals surface area contributed by atoms with Gasteiger partial charge in [0.1, 0.15) is 12.0 Å². The second-order valence-corrected chi connectivity index (χ2v) is 11.9. The minimum Gasteiger partial charge on any atom is -0.378 e. The largest absolute Gasteiger partial charge is 0.378 e. The van der Waals surface area contributed by atoms with Gasteiger partial charge >= 0.3 is 0 Å². The summed E-state index contributed by atoms with van der Waals surface area (Å²) in [6.07, 6.45) is 5.93. The Balaban J connectivity index is 1.12. The number of alkyl halides is 1. The molecule has 2 aromatic rings. The fourth-order valence-electron chi connectivity index (χ4n) is 6.78. The number of pyridine rings is 1. The maximum atomic E-state index is 14.5. The van der Waals surface area contributed by atoms with Crippen LogP contribution in [-0.2, 0) is 14.3 Å². The van der Waals surface area contributed by atoms with Crippen molar-refractivity contribution in [2.45, 2.75) is 69.7 Å². The summed E-state index contributed by atoms with van der Waals surface area (Å²) in [7, 11) is 0. The van der Waals surface area contributed by atoms with E-state index in [2.05, 4.69) is 21.3 Å². The van der Waals surface area contributed by atoms with Gasteiger partial charge in [0.25, 0.3) is 0 Å². The first-order valence-electron chi connectivity index (χ1n) is 13.3. The van der Waals surface area contributed by atoms with Gasteiger partial charge < -0.3 is 14.8 Å². The Morgan fingerprint density at radius 1 is 1.25 bits per heavy atom. The summed E-state index contributed by atoms with van der Waals surface area (Å²) in [6.45, 7) is 7.01. The number of halogens is 2. The third-order valence-electron chi connectivity index (χ3n) is 9.26. The summed E-state index contributed by atoms with van der Waals surface area (Å²) in [5.41, 5.74) is 0.746. The van der Waals surface area contributed by atoms with Crippen LogP contribution in [0.1, 0.15) is 57.4 Å². The molecule has 6 rings (SSSR count). The van der Waals surface area contributed by atoms with Crippen molar-refractivity contribution in [2.24, 2.45) is 11.3 Å². The third kappa shape index (κ3) is 4.22. The van der Waals surface area contributed by atoms with E-state index in [1.165, 1.54) is 0 Å². The lowest BCUT2D eigenvalue weighted by atomic mass is 9.77. The lowest BCUT2D eigenvalue weighted by Gasteiger charge is -2.43. The van der Waals surface area contributed by atoms with Crippen molar-refractivity contribution in [1.29, 1.82) is 0 Å². The number of nitrogens with zero attached hydrogens (tertiary/aromatic N) is 2. The van der Waals surface area contributed by atoms with E-state index in [9.17, 15) is 9.18 Å². The predicted molar refractivity (Wildman–Crippen MR) is 138 cm³/mol. The summed E-state index contributed by atoms with van der Waals surface area (Å²) in [6, 6.07) is 6.07. The van der Waals surface area contributed by atoms with E-state index in [0.29, 0.717) is 24.4 Å². The van der Waals surface area contributed by atoms with Crippen molar-refractivity contribution in [3.63, 3.8) is 0 Å². The summed E-state index contributed by atoms with van der Waals surface area (Å²) < 4.78 is 25.6. The van der Waals surface area contributed by atoms with Crippen LogP contribution in [0.15, 0.2) is 24.4 Å². The molecule has 1 aromatic carbocycles. The molecule has 2 saturated heterocycles.